The molecular formula is C121H148BrClFIN6O12. The molecule has 6 amide bonds. The number of para-hydroxylation sites is 1. The lowest BCUT2D eigenvalue weighted by atomic mass is 10.0. The van der Waals surface area contributed by atoms with Crippen LogP contribution in [-0.2, 0) is 107 Å². The van der Waals surface area contributed by atoms with E-state index in [0.717, 1.165) is 148 Å². The fourth-order valence-corrected chi connectivity index (χ4v) is 16.3. The molecule has 12 rings (SSSR count). The maximum Gasteiger partial charge on any atom is 0.224 e. The Hall–Kier alpha value is -12.3. The summed E-state index contributed by atoms with van der Waals surface area (Å²) in [6.07, 6.45) is 8.07. The van der Waals surface area contributed by atoms with E-state index in [-0.39, 0.29) is 47.9 Å². The van der Waals surface area contributed by atoms with Crippen molar-refractivity contribution in [2.45, 2.75) is 290 Å². The van der Waals surface area contributed by atoms with Crippen molar-refractivity contribution in [1.29, 1.82) is 0 Å². The van der Waals surface area contributed by atoms with Crippen LogP contribution in [-0.4, -0.2) is 35.4 Å². The molecule has 0 fully saturated rings. The molecule has 0 heterocycles. The van der Waals surface area contributed by atoms with E-state index in [1.54, 1.807) is 19.1 Å². The van der Waals surface area contributed by atoms with E-state index in [2.05, 4.69) is 255 Å². The van der Waals surface area contributed by atoms with Crippen molar-refractivity contribution in [3.05, 3.63) is 346 Å². The molecule has 0 aliphatic heterocycles. The van der Waals surface area contributed by atoms with Crippen LogP contribution >= 0.6 is 50.1 Å². The third-order valence-electron chi connectivity index (χ3n) is 25.1. The molecule has 0 bridgehead atoms. The lowest BCUT2D eigenvalue weighted by molar-refractivity contribution is -0.116. The van der Waals surface area contributed by atoms with Crippen LogP contribution in [0.1, 0.15) is 261 Å². The largest absolute Gasteiger partial charge is 0.489 e. The van der Waals surface area contributed by atoms with Gasteiger partial charge in [0.15, 0.2) is 0 Å². The monoisotopic (exact) mass is 2140 g/mol. The Morgan fingerprint density at radius 2 is 0.497 bits per heavy atom. The van der Waals surface area contributed by atoms with Gasteiger partial charge in [0.05, 0.1) is 5.69 Å². The average Bonchev–Trinajstić information content (AvgIpc) is 0.840. The maximum atomic E-state index is 14.2. The van der Waals surface area contributed by atoms with E-state index in [1.807, 2.05) is 152 Å². The Kier molecular flexibility index (Phi) is 49.1. The number of rotatable bonds is 36. The van der Waals surface area contributed by atoms with E-state index >= 15 is 0 Å². The van der Waals surface area contributed by atoms with E-state index in [9.17, 15) is 33.2 Å². The Morgan fingerprint density at radius 3 is 0.839 bits per heavy atom. The molecule has 0 spiro atoms. The number of nitrogens with one attached hydrogen (secondary N) is 6. The predicted molar refractivity (Wildman–Crippen MR) is 600 cm³/mol. The summed E-state index contributed by atoms with van der Waals surface area (Å²) in [5, 5.41) is 18.0. The molecule has 6 N–H and O–H groups in total. The van der Waals surface area contributed by atoms with Crippen molar-refractivity contribution in [3.8, 4) is 34.5 Å². The van der Waals surface area contributed by atoms with Crippen molar-refractivity contribution >= 4 is 120 Å². The van der Waals surface area contributed by atoms with E-state index in [0.29, 0.717) is 93.5 Å². The van der Waals surface area contributed by atoms with Crippen molar-refractivity contribution in [1.82, 2.24) is 0 Å². The summed E-state index contributed by atoms with van der Waals surface area (Å²) in [7, 11) is 0. The molecule has 0 aromatic heterocycles. The highest BCUT2D eigenvalue weighted by atomic mass is 127. The Bertz CT molecular complexity index is 5620. The first-order valence-electron chi connectivity index (χ1n) is 49.8. The molecule has 18 nitrogen and oxygen atoms in total. The lowest BCUT2D eigenvalue weighted by Crippen LogP contribution is -2.13. The Labute approximate surface area is 877 Å². The zero-order valence-electron chi connectivity index (χ0n) is 88.5. The lowest BCUT2D eigenvalue weighted by Gasteiger charge is -2.17. The summed E-state index contributed by atoms with van der Waals surface area (Å²) < 4.78 is 52.6. The maximum absolute atomic E-state index is 14.2. The van der Waals surface area contributed by atoms with Gasteiger partial charge in [-0.15, -0.1) is 0 Å². The van der Waals surface area contributed by atoms with Gasteiger partial charge >= 0.3 is 0 Å². The van der Waals surface area contributed by atoms with Gasteiger partial charge in [-0.05, 0) is 354 Å². The molecule has 0 saturated heterocycles. The molecule has 762 valence electrons. The van der Waals surface area contributed by atoms with Gasteiger partial charge in [0, 0.05) is 113 Å². The van der Waals surface area contributed by atoms with Gasteiger partial charge in [0.1, 0.15) is 80.0 Å². The number of hydrogen-bond acceptors (Lipinski definition) is 12. The van der Waals surface area contributed by atoms with E-state index < -0.39 is 0 Å². The summed E-state index contributed by atoms with van der Waals surface area (Å²) in [6, 6.07) is 61.0. The molecule has 0 radical (unpaired) electrons. The number of halogens is 4. The second-order valence-corrected chi connectivity index (χ2v) is 37.8. The van der Waals surface area contributed by atoms with Crippen LogP contribution in [0.25, 0.3) is 0 Å². The first-order valence-corrected chi connectivity index (χ1v) is 52.0. The van der Waals surface area contributed by atoms with E-state index in [1.165, 1.54) is 95.1 Å². The van der Waals surface area contributed by atoms with Gasteiger partial charge in [-0.25, -0.2) is 4.39 Å². The standard InChI is InChI=1S/C21H27NO2.C20H24BrNO2.C20H24ClNO2.C20H24FNO2.C20H24INO2.C20H25NO2/c1-6-17-11-15(4)16(5)12-20(17)24-13-18-14(3)9-8-10-19(18)22-21(23)7-2;4*1-5-15-10-13(3)14(4)11-19(15)24-12-16-17(21)8-7-9-18(16)22-20(23)6-2;1-5-16-11-14(3)15(4)12-19(16)23-13-17-9-7-8-10-18(17)21-20(22)6-2/h8-12H,6-7,13H2,1-5H3,(H,22,23);4*7-11H,5-6,12H2,1-4H3,(H,22,23);7-12H,5-6,13H2,1-4H3,(H,21,22). The van der Waals surface area contributed by atoms with Crippen molar-refractivity contribution in [3.63, 3.8) is 0 Å². The SMILES string of the molecule is CCC(=O)Nc1cccc(Br)c1COc1cc(C)c(C)cc1CC.CCC(=O)Nc1cccc(C)c1COc1cc(C)c(C)cc1CC.CCC(=O)Nc1cccc(Cl)c1COc1cc(C)c(C)cc1CC.CCC(=O)Nc1cccc(F)c1COc1cc(C)c(C)cc1CC.CCC(=O)Nc1cccc(I)c1COc1cc(C)c(C)cc1CC.CCC(=O)Nc1ccccc1COc1cc(C)c(C)cc1CC. The van der Waals surface area contributed by atoms with Gasteiger partial charge in [0.25, 0.3) is 0 Å². The zero-order valence-corrected chi connectivity index (χ0v) is 93.0. The fraction of sp³-hybridized carbons (Fsp3) is 0.355. The number of carbonyl (C=O) groups is 6. The van der Waals surface area contributed by atoms with Crippen LogP contribution < -0.4 is 60.3 Å². The van der Waals surface area contributed by atoms with Crippen molar-refractivity contribution < 1.29 is 61.6 Å². The third kappa shape index (κ3) is 35.9. The number of aryl methyl sites for hydroxylation is 19. The van der Waals surface area contributed by atoms with Crippen LogP contribution in [0.2, 0.25) is 5.02 Å². The molecule has 0 saturated carbocycles. The van der Waals surface area contributed by atoms with Gasteiger partial charge in [-0.2, -0.15) is 0 Å². The predicted octanol–water partition coefficient (Wildman–Crippen LogP) is 31.2. The molecule has 12 aromatic carbocycles. The fourth-order valence-electron chi connectivity index (χ4n) is 15.0. The highest BCUT2D eigenvalue weighted by Crippen LogP contribution is 2.37. The van der Waals surface area contributed by atoms with Crippen molar-refractivity contribution in [2.24, 2.45) is 0 Å². The van der Waals surface area contributed by atoms with Gasteiger partial charge in [-0.1, -0.05) is 202 Å². The molecule has 22 heteroatoms. The smallest absolute Gasteiger partial charge is 0.224 e. The summed E-state index contributed by atoms with van der Waals surface area (Å²) in [5.74, 6) is 4.77. The number of carbonyl (C=O) groups excluding carboxylic acids is 6. The molecule has 0 aliphatic carbocycles. The molecule has 0 unspecified atom stereocenters. The summed E-state index contributed by atoms with van der Waals surface area (Å²) >= 11 is 12.2. The molecule has 143 heavy (non-hydrogen) atoms. The molecule has 0 atom stereocenters. The highest BCUT2D eigenvalue weighted by molar-refractivity contribution is 14.1. The molecule has 12 aromatic rings. The average molecular weight is 2140 g/mol. The first kappa shape index (κ1) is 118. The van der Waals surface area contributed by atoms with Crippen LogP contribution in [0.3, 0.4) is 0 Å². The molecule has 0 aliphatic rings. The van der Waals surface area contributed by atoms with Crippen LogP contribution in [0.4, 0.5) is 38.5 Å². The Balaban J connectivity index is 0.000000233. The van der Waals surface area contributed by atoms with Gasteiger partial charge < -0.3 is 60.3 Å². The summed E-state index contributed by atoms with van der Waals surface area (Å²) in [4.78, 5) is 70.2. The summed E-state index contributed by atoms with van der Waals surface area (Å²) in [6.45, 7) is 52.9. The van der Waals surface area contributed by atoms with E-state index in [4.69, 9.17) is 40.0 Å². The second-order valence-electron chi connectivity index (χ2n) is 35.4. The van der Waals surface area contributed by atoms with Crippen molar-refractivity contribution in [2.75, 3.05) is 31.9 Å². The van der Waals surface area contributed by atoms with Crippen LogP contribution in [0, 0.1) is 99.4 Å². The number of hydrogen-bond donors (Lipinski definition) is 6. The Morgan fingerprint density at radius 1 is 0.259 bits per heavy atom. The summed E-state index contributed by atoms with van der Waals surface area (Å²) in [5.41, 5.74) is 32.6. The normalized spacial score (nSPS) is 10.5. The third-order valence-corrected chi connectivity index (χ3v) is 27.2. The number of ether oxygens (including phenoxy) is 6. The number of amides is 6. The van der Waals surface area contributed by atoms with Gasteiger partial charge in [0.2, 0.25) is 35.4 Å². The number of anilines is 6. The molecular weight excluding hydrogens is 1990 g/mol. The van der Waals surface area contributed by atoms with Crippen LogP contribution in [0.15, 0.2) is 193 Å². The van der Waals surface area contributed by atoms with Gasteiger partial charge in [-0.3, -0.25) is 28.8 Å². The second kappa shape index (κ2) is 59.7. The van der Waals surface area contributed by atoms with Crippen LogP contribution in [0.5, 0.6) is 34.5 Å². The zero-order chi connectivity index (χ0) is 105. The quantitative estimate of drug-likeness (QED) is 0.0202. The number of benzene rings is 12. The minimum Gasteiger partial charge on any atom is -0.489 e. The minimum absolute atomic E-state index is 0.00484. The first-order chi connectivity index (χ1) is 68.3. The highest BCUT2D eigenvalue weighted by Gasteiger charge is 2.21. The minimum atomic E-state index is -0.384. The topological polar surface area (TPSA) is 230 Å².